The number of benzene rings is 3. The van der Waals surface area contributed by atoms with Crippen molar-refractivity contribution in [1.29, 1.82) is 0 Å². The van der Waals surface area contributed by atoms with Gasteiger partial charge in [0.1, 0.15) is 0 Å². The third-order valence-electron chi connectivity index (χ3n) is 5.45. The van der Waals surface area contributed by atoms with E-state index in [-0.39, 0.29) is 0 Å². The summed E-state index contributed by atoms with van der Waals surface area (Å²) in [6.45, 7) is 13.5. The Hall–Kier alpha value is -1.97. The second kappa shape index (κ2) is 10.2. The molecule has 0 bridgehead atoms. The second-order valence-corrected chi connectivity index (χ2v) is 9.46. The lowest BCUT2D eigenvalue weighted by atomic mass is 10.1. The van der Waals surface area contributed by atoms with Gasteiger partial charge in [0.2, 0.25) is 0 Å². The van der Waals surface area contributed by atoms with Crippen molar-refractivity contribution in [2.24, 2.45) is 0 Å². The maximum Gasteiger partial charge on any atom is 0.631 e. The van der Waals surface area contributed by atoms with Gasteiger partial charge < -0.3 is 15.1 Å². The van der Waals surface area contributed by atoms with Crippen LogP contribution in [0.3, 0.4) is 0 Å². The van der Waals surface area contributed by atoms with Gasteiger partial charge in [-0.05, 0) is 98.8 Å². The van der Waals surface area contributed by atoms with Crippen molar-refractivity contribution in [3.63, 3.8) is 0 Å². The molecule has 0 saturated heterocycles. The number of hydrogen-bond acceptors (Lipinski definition) is 3. The van der Waals surface area contributed by atoms with E-state index in [9.17, 15) is 0 Å². The summed E-state index contributed by atoms with van der Waals surface area (Å²) < 4.78 is 0. The highest BCUT2D eigenvalue weighted by Crippen LogP contribution is 2.37. The molecule has 0 atom stereocenters. The highest BCUT2D eigenvalue weighted by atomic mass is 31.1. The zero-order valence-electron chi connectivity index (χ0n) is 18.1. The molecule has 0 saturated carbocycles. The second-order valence-electron chi connectivity index (χ2n) is 7.34. The van der Waals surface area contributed by atoms with Crippen LogP contribution < -0.4 is 15.9 Å². The van der Waals surface area contributed by atoms with Gasteiger partial charge in [0.05, 0.1) is 0 Å². The van der Waals surface area contributed by atoms with Gasteiger partial charge >= 0.3 is 7.32 Å². The zero-order valence-corrected chi connectivity index (χ0v) is 19.0. The van der Waals surface area contributed by atoms with Crippen LogP contribution in [0.25, 0.3) is 0 Å². The molecule has 0 fully saturated rings. The van der Waals surface area contributed by atoms with E-state index in [0.29, 0.717) is 0 Å². The van der Waals surface area contributed by atoms with Crippen LogP contribution in [-0.4, -0.2) is 22.4 Å². The normalized spacial score (nSPS) is 10.6. The molecular formula is C24H30BO3P. The fourth-order valence-electron chi connectivity index (χ4n) is 3.32. The molecule has 0 aliphatic heterocycles. The molecule has 0 aliphatic carbocycles. The molecule has 3 aromatic rings. The maximum absolute atomic E-state index is 7.17. The molecule has 3 aromatic carbocycles. The Morgan fingerprint density at radius 3 is 1.00 bits per heavy atom. The third-order valence-corrected chi connectivity index (χ3v) is 8.35. The minimum atomic E-state index is -2.17. The Kier molecular flexibility index (Phi) is 8.18. The lowest BCUT2D eigenvalue weighted by Crippen LogP contribution is -2.26. The van der Waals surface area contributed by atoms with Crippen LogP contribution in [0, 0.1) is 41.5 Å². The fraction of sp³-hybridized carbons (Fsp3) is 0.250. The standard InChI is InChI=1S/C24H27P.BH3O3/c1-16-10-7-13-22(19(16)4)25(23-14-8-11-17(2)20(23)5)24-15-9-12-18(3)21(24)6;2-1(3)4/h7-15H,1-6H3;2-4H. The molecule has 0 radical (unpaired) electrons. The van der Waals surface area contributed by atoms with E-state index in [4.69, 9.17) is 15.1 Å². The molecule has 3 rings (SSSR count). The number of rotatable bonds is 3. The predicted octanol–water partition coefficient (Wildman–Crippen LogP) is 3.24. The summed E-state index contributed by atoms with van der Waals surface area (Å²) in [5.41, 5.74) is 8.41. The Labute approximate surface area is 176 Å². The molecule has 0 spiro atoms. The van der Waals surface area contributed by atoms with Gasteiger partial charge in [-0.1, -0.05) is 54.6 Å². The van der Waals surface area contributed by atoms with Gasteiger partial charge in [-0.3, -0.25) is 0 Å². The van der Waals surface area contributed by atoms with E-state index in [2.05, 4.69) is 96.1 Å². The van der Waals surface area contributed by atoms with E-state index in [1.807, 2.05) is 0 Å². The topological polar surface area (TPSA) is 60.7 Å². The first kappa shape index (κ1) is 23.3. The highest BCUT2D eigenvalue weighted by Gasteiger charge is 2.23. The molecule has 0 aliphatic rings. The van der Waals surface area contributed by atoms with E-state index >= 15 is 0 Å². The molecule has 0 unspecified atom stereocenters. The summed E-state index contributed by atoms with van der Waals surface area (Å²) in [6, 6.07) is 20.3. The first-order chi connectivity index (χ1) is 13.6. The van der Waals surface area contributed by atoms with Crippen molar-refractivity contribution in [3.8, 4) is 0 Å². The first-order valence-corrected chi connectivity index (χ1v) is 11.0. The van der Waals surface area contributed by atoms with Gasteiger partial charge in [0, 0.05) is 0 Å². The Balaban J connectivity index is 0.000000687. The average Bonchev–Trinajstić information content (AvgIpc) is 2.65. The van der Waals surface area contributed by atoms with Gasteiger partial charge in [-0.25, -0.2) is 0 Å². The van der Waals surface area contributed by atoms with Crippen molar-refractivity contribution in [3.05, 3.63) is 88.0 Å². The summed E-state index contributed by atoms with van der Waals surface area (Å²) in [7, 11) is -2.72. The van der Waals surface area contributed by atoms with Crippen LogP contribution in [0.15, 0.2) is 54.6 Å². The van der Waals surface area contributed by atoms with Crippen LogP contribution in [-0.2, 0) is 0 Å². The first-order valence-electron chi connectivity index (χ1n) is 9.68. The van der Waals surface area contributed by atoms with E-state index in [0.717, 1.165) is 0 Å². The van der Waals surface area contributed by atoms with Gasteiger partial charge in [-0.15, -0.1) is 0 Å². The average molecular weight is 408 g/mol. The van der Waals surface area contributed by atoms with Crippen molar-refractivity contribution in [2.45, 2.75) is 41.5 Å². The van der Waals surface area contributed by atoms with Crippen LogP contribution in [0.5, 0.6) is 0 Å². The van der Waals surface area contributed by atoms with Gasteiger partial charge in [0.25, 0.3) is 0 Å². The minimum absolute atomic E-state index is 0.557. The number of hydrogen-bond donors (Lipinski definition) is 3. The Bertz CT molecular complexity index is 861. The molecule has 3 N–H and O–H groups in total. The van der Waals surface area contributed by atoms with Crippen LogP contribution >= 0.6 is 7.92 Å². The third kappa shape index (κ3) is 5.55. The van der Waals surface area contributed by atoms with Crippen molar-refractivity contribution in [2.75, 3.05) is 0 Å². The molecule has 0 amide bonds. The Morgan fingerprint density at radius 1 is 0.517 bits per heavy atom. The molecule has 0 aromatic heterocycles. The smallest absolute Gasteiger partial charge is 0.402 e. The summed E-state index contributed by atoms with van der Waals surface area (Å²) in [5, 5.41) is 26.0. The molecule has 29 heavy (non-hydrogen) atoms. The molecule has 5 heteroatoms. The SMILES string of the molecule is Cc1cccc(P(c2cccc(C)c2C)c2cccc(C)c2C)c1C.OB(O)O. The van der Waals surface area contributed by atoms with Gasteiger partial charge in [0.15, 0.2) is 0 Å². The quantitative estimate of drug-likeness (QED) is 0.461. The summed E-state index contributed by atoms with van der Waals surface area (Å²) in [5.74, 6) is 0. The molecular weight excluding hydrogens is 378 g/mol. The van der Waals surface area contributed by atoms with E-state index in [1.165, 1.54) is 49.3 Å². The largest absolute Gasteiger partial charge is 0.631 e. The van der Waals surface area contributed by atoms with Gasteiger partial charge in [-0.2, -0.15) is 0 Å². The lowest BCUT2D eigenvalue weighted by Gasteiger charge is -2.26. The van der Waals surface area contributed by atoms with Crippen LogP contribution in [0.4, 0.5) is 0 Å². The van der Waals surface area contributed by atoms with E-state index in [1.54, 1.807) is 0 Å². The van der Waals surface area contributed by atoms with Crippen molar-refractivity contribution in [1.82, 2.24) is 0 Å². The highest BCUT2D eigenvalue weighted by molar-refractivity contribution is 7.80. The van der Waals surface area contributed by atoms with Crippen LogP contribution in [0.1, 0.15) is 33.4 Å². The summed E-state index contributed by atoms with van der Waals surface area (Å²) in [6.07, 6.45) is 0. The Morgan fingerprint density at radius 2 is 0.759 bits per heavy atom. The minimum Gasteiger partial charge on any atom is -0.402 e. The molecule has 152 valence electrons. The van der Waals surface area contributed by atoms with Crippen molar-refractivity contribution < 1.29 is 15.1 Å². The number of aryl methyl sites for hydroxylation is 3. The molecule has 3 nitrogen and oxygen atoms in total. The summed E-state index contributed by atoms with van der Waals surface area (Å²) in [4.78, 5) is 0. The molecule has 0 heterocycles. The monoisotopic (exact) mass is 408 g/mol. The van der Waals surface area contributed by atoms with E-state index < -0.39 is 15.2 Å². The maximum atomic E-state index is 7.17. The zero-order chi connectivity index (χ0) is 21.7. The lowest BCUT2D eigenvalue weighted by molar-refractivity contribution is 0.278. The summed E-state index contributed by atoms with van der Waals surface area (Å²) >= 11 is 0. The predicted molar refractivity (Wildman–Crippen MR) is 126 cm³/mol. The fourth-order valence-corrected chi connectivity index (χ4v) is 6.34. The van der Waals surface area contributed by atoms with Crippen LogP contribution in [0.2, 0.25) is 0 Å². The van der Waals surface area contributed by atoms with Crippen molar-refractivity contribution >= 4 is 31.2 Å².